The number of carbonyl (C=O) groups excluding carboxylic acids is 4. The standard InChI is InChI=1S/C42H60N6O6S2/c1-39(2,3)27-19-30(43)29(23-55-24-46-38(52)54-42(10,11)12)32(21-27)47-35(49)25-14-13-15-26(18-25)36(50)48-33-22-28(40(4,5)6)20-31(44)34(33)56-17-16-45-37(51)53-41(7,8)9/h13-15,18-22H,16-17,23-24,43-44H2,1-12H3,(H,45,51)(H,46,52)(H,47,49)(H,48,50). The maximum absolute atomic E-state index is 13.8. The third kappa shape index (κ3) is 14.5. The van der Waals surface area contributed by atoms with Crippen LogP contribution in [-0.4, -0.2) is 53.4 Å². The summed E-state index contributed by atoms with van der Waals surface area (Å²) in [6, 6.07) is 14.1. The summed E-state index contributed by atoms with van der Waals surface area (Å²) in [6.45, 7) is 23.5. The van der Waals surface area contributed by atoms with E-state index in [9.17, 15) is 19.2 Å². The lowest BCUT2D eigenvalue weighted by atomic mass is 9.85. The fourth-order valence-corrected chi connectivity index (χ4v) is 6.87. The number of hydrogen-bond acceptors (Lipinski definition) is 10. The van der Waals surface area contributed by atoms with Crippen molar-refractivity contribution in [3.8, 4) is 0 Å². The Bertz CT molecular complexity index is 1770. The van der Waals surface area contributed by atoms with Gasteiger partial charge in [0.1, 0.15) is 11.2 Å². The fraction of sp³-hybridized carbons (Fsp3) is 0.476. The van der Waals surface area contributed by atoms with E-state index >= 15 is 0 Å². The third-order valence-electron chi connectivity index (χ3n) is 8.00. The Balaban J connectivity index is 1.84. The number of rotatable bonds is 12. The molecule has 0 aliphatic carbocycles. The number of amides is 4. The summed E-state index contributed by atoms with van der Waals surface area (Å²) < 4.78 is 10.7. The van der Waals surface area contributed by atoms with Gasteiger partial charge in [-0.2, -0.15) is 0 Å². The van der Waals surface area contributed by atoms with Crippen molar-refractivity contribution in [3.05, 3.63) is 76.3 Å². The molecule has 0 saturated carbocycles. The molecule has 0 aliphatic heterocycles. The van der Waals surface area contributed by atoms with E-state index in [1.807, 2.05) is 24.3 Å². The minimum atomic E-state index is -0.617. The van der Waals surface area contributed by atoms with Crippen LogP contribution in [0.15, 0.2) is 53.4 Å². The van der Waals surface area contributed by atoms with Gasteiger partial charge in [-0.25, -0.2) is 9.59 Å². The van der Waals surface area contributed by atoms with Crippen molar-refractivity contribution in [1.82, 2.24) is 10.6 Å². The van der Waals surface area contributed by atoms with E-state index in [4.69, 9.17) is 20.9 Å². The molecule has 0 heterocycles. The maximum atomic E-state index is 13.8. The number of benzene rings is 3. The molecule has 0 bridgehead atoms. The minimum absolute atomic E-state index is 0.255. The van der Waals surface area contributed by atoms with Gasteiger partial charge < -0.3 is 42.2 Å². The van der Waals surface area contributed by atoms with E-state index in [0.29, 0.717) is 51.3 Å². The first-order chi connectivity index (χ1) is 25.7. The Morgan fingerprint density at radius 3 is 1.64 bits per heavy atom. The molecule has 0 aliphatic rings. The van der Waals surface area contributed by atoms with Gasteiger partial charge in [0.25, 0.3) is 11.8 Å². The molecule has 0 fully saturated rings. The Kier molecular flexibility index (Phi) is 15.2. The van der Waals surface area contributed by atoms with Gasteiger partial charge in [0.15, 0.2) is 0 Å². The molecule has 0 spiro atoms. The van der Waals surface area contributed by atoms with Crippen LogP contribution in [0.3, 0.4) is 0 Å². The molecule has 0 aromatic heterocycles. The van der Waals surface area contributed by atoms with Crippen LogP contribution in [0, 0.1) is 0 Å². The van der Waals surface area contributed by atoms with E-state index in [1.54, 1.807) is 59.7 Å². The van der Waals surface area contributed by atoms with Crippen molar-refractivity contribution in [2.75, 3.05) is 40.3 Å². The lowest BCUT2D eigenvalue weighted by molar-refractivity contribution is 0.0523. The highest BCUT2D eigenvalue weighted by Crippen LogP contribution is 2.38. The van der Waals surface area contributed by atoms with E-state index in [0.717, 1.165) is 11.1 Å². The summed E-state index contributed by atoms with van der Waals surface area (Å²) in [5.41, 5.74) is 16.6. The van der Waals surface area contributed by atoms with Crippen LogP contribution in [0.5, 0.6) is 0 Å². The Hall–Kier alpha value is -4.56. The summed E-state index contributed by atoms with van der Waals surface area (Å²) >= 11 is 2.82. The highest BCUT2D eigenvalue weighted by atomic mass is 32.2. The van der Waals surface area contributed by atoms with Gasteiger partial charge in [-0.3, -0.25) is 9.59 Å². The van der Waals surface area contributed by atoms with E-state index in [-0.39, 0.29) is 27.8 Å². The molecule has 3 aromatic rings. The lowest BCUT2D eigenvalue weighted by Crippen LogP contribution is -2.33. The molecule has 0 saturated heterocycles. The number of alkyl carbamates (subject to hydrolysis) is 2. The third-order valence-corrected chi connectivity index (χ3v) is 9.99. The van der Waals surface area contributed by atoms with Crippen molar-refractivity contribution in [2.24, 2.45) is 0 Å². The number of carbonyl (C=O) groups is 4. The monoisotopic (exact) mass is 808 g/mol. The summed E-state index contributed by atoms with van der Waals surface area (Å²) in [7, 11) is 0. The van der Waals surface area contributed by atoms with E-state index in [2.05, 4.69) is 62.8 Å². The zero-order chi connectivity index (χ0) is 42.2. The molecular weight excluding hydrogens is 749 g/mol. The van der Waals surface area contributed by atoms with Gasteiger partial charge in [0.05, 0.1) is 16.5 Å². The number of nitrogens with one attached hydrogen (secondary N) is 4. The molecule has 8 N–H and O–H groups in total. The summed E-state index contributed by atoms with van der Waals surface area (Å²) in [6.07, 6.45) is -1.04. The molecule has 0 radical (unpaired) electrons. The van der Waals surface area contributed by atoms with Gasteiger partial charge in [-0.1, -0.05) is 47.6 Å². The number of hydrogen-bond donors (Lipinski definition) is 6. The van der Waals surface area contributed by atoms with Crippen molar-refractivity contribution >= 4 is 70.3 Å². The Morgan fingerprint density at radius 2 is 1.12 bits per heavy atom. The molecular formula is C42H60N6O6S2. The van der Waals surface area contributed by atoms with E-state index in [1.165, 1.54) is 29.6 Å². The predicted molar refractivity (Wildman–Crippen MR) is 232 cm³/mol. The van der Waals surface area contributed by atoms with Crippen LogP contribution in [-0.2, 0) is 26.1 Å². The summed E-state index contributed by atoms with van der Waals surface area (Å²) in [5.74, 6) is 0.299. The fourth-order valence-electron chi connectivity index (χ4n) is 5.13. The molecule has 3 aromatic carbocycles. The Morgan fingerprint density at radius 1 is 0.643 bits per heavy atom. The van der Waals surface area contributed by atoms with Crippen LogP contribution in [0.2, 0.25) is 0 Å². The highest BCUT2D eigenvalue weighted by molar-refractivity contribution is 7.99. The van der Waals surface area contributed by atoms with Crippen LogP contribution in [0.25, 0.3) is 0 Å². The van der Waals surface area contributed by atoms with Gasteiger partial charge >= 0.3 is 12.2 Å². The van der Waals surface area contributed by atoms with Crippen LogP contribution < -0.4 is 32.7 Å². The molecule has 0 unspecified atom stereocenters. The first kappa shape index (κ1) is 45.8. The second-order valence-corrected chi connectivity index (χ2v) is 19.6. The zero-order valence-corrected chi connectivity index (χ0v) is 36.5. The predicted octanol–water partition coefficient (Wildman–Crippen LogP) is 9.28. The normalized spacial score (nSPS) is 12.1. The molecule has 3 rings (SSSR count). The van der Waals surface area contributed by atoms with Crippen LogP contribution in [0.1, 0.15) is 120 Å². The molecule has 12 nitrogen and oxygen atoms in total. The van der Waals surface area contributed by atoms with E-state index < -0.39 is 35.2 Å². The number of ether oxygens (including phenoxy) is 2. The first-order valence-corrected chi connectivity index (χ1v) is 20.6. The van der Waals surface area contributed by atoms with Gasteiger partial charge in [-0.05, 0) is 106 Å². The molecule has 0 atom stereocenters. The van der Waals surface area contributed by atoms with Gasteiger partial charge in [-0.15, -0.1) is 23.5 Å². The number of thioether (sulfide) groups is 2. The number of nitrogen functional groups attached to an aromatic ring is 2. The average molecular weight is 809 g/mol. The SMILES string of the molecule is CC(C)(C)OC(=O)NCCSc1c(N)cc(C(C)(C)C)cc1NC(=O)c1cccc(C(=O)Nc2cc(C(C)(C)C)cc(N)c2CSCNC(=O)OC(C)(C)C)c1. The highest BCUT2D eigenvalue weighted by Gasteiger charge is 2.23. The second-order valence-electron chi connectivity index (χ2n) is 17.5. The molecule has 4 amide bonds. The minimum Gasteiger partial charge on any atom is -0.444 e. The van der Waals surface area contributed by atoms with Crippen molar-refractivity contribution in [1.29, 1.82) is 0 Å². The molecule has 56 heavy (non-hydrogen) atoms. The Labute approximate surface area is 340 Å². The van der Waals surface area contributed by atoms with Crippen molar-refractivity contribution in [2.45, 2.75) is 116 Å². The second kappa shape index (κ2) is 18.6. The van der Waals surface area contributed by atoms with Gasteiger partial charge in [0.2, 0.25) is 0 Å². The zero-order valence-electron chi connectivity index (χ0n) is 34.9. The summed E-state index contributed by atoms with van der Waals surface area (Å²) in [4.78, 5) is 52.6. The van der Waals surface area contributed by atoms with Crippen LogP contribution >= 0.6 is 23.5 Å². The van der Waals surface area contributed by atoms with Gasteiger partial charge in [0, 0.05) is 51.8 Å². The lowest BCUT2D eigenvalue weighted by Gasteiger charge is -2.23. The number of anilines is 4. The summed E-state index contributed by atoms with van der Waals surface area (Å²) in [5, 5.41) is 11.5. The van der Waals surface area contributed by atoms with Crippen molar-refractivity contribution < 1.29 is 28.7 Å². The quantitative estimate of drug-likeness (QED) is 0.0446. The topological polar surface area (TPSA) is 187 Å². The maximum Gasteiger partial charge on any atom is 0.408 e. The smallest absolute Gasteiger partial charge is 0.408 e. The molecule has 14 heteroatoms. The van der Waals surface area contributed by atoms with Crippen molar-refractivity contribution in [3.63, 3.8) is 0 Å². The first-order valence-electron chi connectivity index (χ1n) is 18.5. The average Bonchev–Trinajstić information content (AvgIpc) is 3.04. The van der Waals surface area contributed by atoms with Crippen LogP contribution in [0.4, 0.5) is 32.3 Å². The number of nitrogens with two attached hydrogens (primary N) is 2. The largest absolute Gasteiger partial charge is 0.444 e. The molecule has 306 valence electrons.